The van der Waals surface area contributed by atoms with Gasteiger partial charge in [-0.3, -0.25) is 0 Å². The van der Waals surface area contributed by atoms with Crippen LogP contribution in [0, 0.1) is 0 Å². The molecule has 0 aliphatic carbocycles. The van der Waals surface area contributed by atoms with Crippen LogP contribution < -0.4 is 37.7 Å². The molecule has 0 aliphatic heterocycles. The van der Waals surface area contributed by atoms with Gasteiger partial charge in [-0.1, -0.05) is 47.8 Å². The minimum Gasteiger partial charge on any atom is -0.792 e. The van der Waals surface area contributed by atoms with Crippen LogP contribution >= 0.6 is 0 Å². The largest absolute Gasteiger partial charge is 1.00 e. The van der Waals surface area contributed by atoms with Crippen molar-refractivity contribution in [1.82, 2.24) is 0 Å². The molecule has 5 heteroatoms. The molecule has 1 nitrogen and oxygen atoms in total. The predicted octanol–water partition coefficient (Wildman–Crippen LogP) is -1.76. The molecule has 116 valence electrons. The van der Waals surface area contributed by atoms with E-state index in [2.05, 4.69) is 26.0 Å². The minimum atomic E-state index is 0. The topological polar surface area (TPSA) is 20.2 Å². The Morgan fingerprint density at radius 2 is 1.32 bits per heavy atom. The fraction of sp³-hybridized carbons (Fsp3) is 0.647. The van der Waals surface area contributed by atoms with Crippen molar-refractivity contribution in [3.8, 4) is 0 Å². The van der Waals surface area contributed by atoms with Gasteiger partial charge in [-0.2, -0.15) is 11.5 Å². The zero-order chi connectivity index (χ0) is 15.2. The van der Waals surface area contributed by atoms with E-state index in [1.807, 2.05) is 6.08 Å². The van der Waals surface area contributed by atoms with Gasteiger partial charge in [0, 0.05) is 0 Å². The third-order valence-electron chi connectivity index (χ3n) is 3.29. The molecule has 0 saturated carbocycles. The van der Waals surface area contributed by atoms with Crippen LogP contribution in [0.4, 0.5) is 0 Å². The van der Waals surface area contributed by atoms with Gasteiger partial charge in [0.1, 0.15) is 0 Å². The smallest absolute Gasteiger partial charge is 0.792 e. The van der Waals surface area contributed by atoms with Crippen molar-refractivity contribution in [3.05, 3.63) is 34.9 Å². The molecule has 0 atom stereocenters. The second kappa shape index (κ2) is 20.1. The van der Waals surface area contributed by atoms with E-state index in [1.54, 1.807) is 0 Å². The molecule has 0 unspecified atom stereocenters. The van der Waals surface area contributed by atoms with Crippen molar-refractivity contribution in [3.63, 3.8) is 0 Å². The number of hydrogen-bond acceptors (Lipinski definition) is 3. The third-order valence-corrected chi connectivity index (χ3v) is 3.70. The van der Waals surface area contributed by atoms with Crippen LogP contribution in [0.2, 0.25) is 0 Å². The fourth-order valence-electron chi connectivity index (χ4n) is 1.99. The van der Waals surface area contributed by atoms with Gasteiger partial charge in [0.2, 0.25) is 0 Å². The monoisotopic (exact) mass is 326 g/mol. The zero-order valence-corrected chi connectivity index (χ0v) is 16.5. The maximum atomic E-state index is 8.82. The molecule has 22 heavy (non-hydrogen) atoms. The quantitative estimate of drug-likeness (QED) is 0.276. The Morgan fingerprint density at radius 1 is 0.773 bits per heavy atom. The summed E-state index contributed by atoms with van der Waals surface area (Å²) in [6, 6.07) is 0. The van der Waals surface area contributed by atoms with Gasteiger partial charge < -0.3 is 30.4 Å². The van der Waals surface area contributed by atoms with E-state index in [4.69, 9.17) is 30.4 Å². The van der Waals surface area contributed by atoms with Crippen molar-refractivity contribution in [2.24, 2.45) is 0 Å². The van der Waals surface area contributed by atoms with Crippen LogP contribution in [0.1, 0.15) is 52.4 Å². The Labute approximate surface area is 172 Å². The van der Waals surface area contributed by atoms with Gasteiger partial charge in [-0.15, -0.1) is 0 Å². The van der Waals surface area contributed by atoms with Crippen LogP contribution in [0.3, 0.4) is 0 Å². The van der Waals surface area contributed by atoms with E-state index in [9.17, 15) is 0 Å². The Hall–Kier alpha value is 1.07. The number of aliphatic hydroxyl groups is 1. The zero-order valence-electron chi connectivity index (χ0n) is 14.9. The normalized spacial score (nSPS) is 12.7. The SMILES string of the molecule is C/C(=C/CC/C(=C/CC/C(C)=C/CO)CC[S-])CC[S-].[Li+].[Li+]. The average molecular weight is 326 g/mol. The van der Waals surface area contributed by atoms with E-state index in [0.29, 0.717) is 0 Å². The first-order valence-corrected chi connectivity index (χ1v) is 8.55. The molecular formula is C17H28Li2OS2. The number of aliphatic hydroxyl groups excluding tert-OH is 1. The summed E-state index contributed by atoms with van der Waals surface area (Å²) in [5.41, 5.74) is 4.13. The fourth-order valence-corrected chi connectivity index (χ4v) is 2.57. The molecule has 0 bridgehead atoms. The molecule has 0 aromatic heterocycles. The first-order valence-electron chi connectivity index (χ1n) is 7.40. The van der Waals surface area contributed by atoms with E-state index >= 15 is 0 Å². The van der Waals surface area contributed by atoms with E-state index < -0.39 is 0 Å². The van der Waals surface area contributed by atoms with Crippen molar-refractivity contribution in [1.29, 1.82) is 0 Å². The second-order valence-corrected chi connectivity index (χ2v) is 5.95. The summed E-state index contributed by atoms with van der Waals surface area (Å²) in [6.07, 6.45) is 12.8. The molecule has 0 saturated heterocycles. The Bertz CT molecular complexity index is 340. The summed E-state index contributed by atoms with van der Waals surface area (Å²) in [5, 5.41) is 8.82. The number of allylic oxidation sites excluding steroid dienone is 5. The summed E-state index contributed by atoms with van der Waals surface area (Å²) < 4.78 is 0. The number of rotatable bonds is 11. The van der Waals surface area contributed by atoms with Crippen molar-refractivity contribution >= 4 is 25.3 Å². The molecule has 0 aromatic carbocycles. The molecule has 0 radical (unpaired) electrons. The molecule has 0 fully saturated rings. The van der Waals surface area contributed by atoms with Crippen molar-refractivity contribution < 1.29 is 42.8 Å². The Kier molecular flexibility index (Phi) is 25.5. The molecular weight excluding hydrogens is 298 g/mol. The van der Waals surface area contributed by atoms with E-state index in [1.165, 1.54) is 16.7 Å². The predicted molar refractivity (Wildman–Crippen MR) is 94.8 cm³/mol. The minimum absolute atomic E-state index is 0. The maximum Gasteiger partial charge on any atom is 1.00 e. The molecule has 0 heterocycles. The molecule has 0 spiro atoms. The first-order chi connectivity index (χ1) is 9.63. The van der Waals surface area contributed by atoms with Gasteiger partial charge in [0.25, 0.3) is 0 Å². The van der Waals surface area contributed by atoms with Crippen molar-refractivity contribution in [2.45, 2.75) is 52.4 Å². The van der Waals surface area contributed by atoms with Crippen LogP contribution in [-0.4, -0.2) is 23.2 Å². The Morgan fingerprint density at radius 3 is 1.86 bits per heavy atom. The second-order valence-electron chi connectivity index (χ2n) is 5.13. The summed E-state index contributed by atoms with van der Waals surface area (Å²) >= 11 is 10.1. The van der Waals surface area contributed by atoms with Gasteiger partial charge in [0.15, 0.2) is 0 Å². The molecule has 0 rings (SSSR count). The summed E-state index contributed by atoms with van der Waals surface area (Å²) in [7, 11) is 0. The summed E-state index contributed by atoms with van der Waals surface area (Å²) in [5.74, 6) is 1.61. The van der Waals surface area contributed by atoms with Crippen LogP contribution in [0.15, 0.2) is 34.9 Å². The number of hydrogen-bond donors (Lipinski definition) is 1. The third kappa shape index (κ3) is 17.4. The van der Waals surface area contributed by atoms with Gasteiger partial charge >= 0.3 is 37.7 Å². The van der Waals surface area contributed by atoms with Gasteiger partial charge in [-0.05, 0) is 39.5 Å². The van der Waals surface area contributed by atoms with Crippen molar-refractivity contribution in [2.75, 3.05) is 18.1 Å². The van der Waals surface area contributed by atoms with Crippen LogP contribution in [0.5, 0.6) is 0 Å². The summed E-state index contributed by atoms with van der Waals surface area (Å²) in [4.78, 5) is 0. The van der Waals surface area contributed by atoms with E-state index in [0.717, 1.165) is 50.0 Å². The molecule has 0 amide bonds. The maximum absolute atomic E-state index is 8.82. The van der Waals surface area contributed by atoms with Crippen LogP contribution in [-0.2, 0) is 25.3 Å². The first kappa shape index (κ1) is 27.9. The standard InChI is InChI=1S/C17H30OS2.2Li/c1-15(9-12-18)5-3-7-17(11-14-20)8-4-6-16(2)10-13-19;;/h6-7,9,18-20H,3-5,8,10-14H2,1-2H3;;/q;2*+1/p-2/b15-9+,16-6-,17-7-;;. The average Bonchev–Trinajstić information content (AvgIpc) is 2.39. The van der Waals surface area contributed by atoms with Crippen LogP contribution in [0.25, 0.3) is 0 Å². The summed E-state index contributed by atoms with van der Waals surface area (Å²) in [6.45, 7) is 4.37. The van der Waals surface area contributed by atoms with Gasteiger partial charge in [-0.25, -0.2) is 0 Å². The Balaban J connectivity index is -0.00000180. The van der Waals surface area contributed by atoms with E-state index in [-0.39, 0.29) is 44.3 Å². The molecule has 1 N–H and O–H groups in total. The molecule has 0 aromatic rings. The van der Waals surface area contributed by atoms with Gasteiger partial charge in [0.05, 0.1) is 6.61 Å². The molecule has 0 aliphatic rings.